The number of carbonyl (C=O) groups excluding carboxylic acids is 2. The molecule has 0 unspecified atom stereocenters. The molecule has 0 heterocycles. The molecule has 6 heteroatoms. The molecule has 0 spiro atoms. The van der Waals surface area contributed by atoms with Gasteiger partial charge in [-0.3, -0.25) is 9.59 Å². The summed E-state index contributed by atoms with van der Waals surface area (Å²) < 4.78 is 6.44. The van der Waals surface area contributed by atoms with Crippen LogP contribution in [-0.2, 0) is 11.2 Å². The molecule has 0 aliphatic heterocycles. The number of rotatable bonds is 7. The average Bonchev–Trinajstić information content (AvgIpc) is 2.62. The van der Waals surface area contributed by atoms with Gasteiger partial charge in [0.2, 0.25) is 5.91 Å². The van der Waals surface area contributed by atoms with Gasteiger partial charge in [-0.1, -0.05) is 26.0 Å². The maximum Gasteiger partial charge on any atom is 0.255 e. The second kappa shape index (κ2) is 9.38. The third-order valence-electron chi connectivity index (χ3n) is 3.62. The van der Waals surface area contributed by atoms with Gasteiger partial charge in [0.1, 0.15) is 5.75 Å². The predicted octanol–water partition coefficient (Wildman–Crippen LogP) is 4.02. The molecule has 138 valence electrons. The molecule has 2 aromatic rings. The van der Waals surface area contributed by atoms with Gasteiger partial charge in [-0.15, -0.1) is 0 Å². The number of hydrogen-bond donors (Lipinski definition) is 2. The lowest BCUT2D eigenvalue weighted by molar-refractivity contribution is -0.119. The molecular formula is C20H23BrN2O3. The van der Waals surface area contributed by atoms with Crippen molar-refractivity contribution in [1.82, 2.24) is 5.32 Å². The summed E-state index contributed by atoms with van der Waals surface area (Å²) in [6.07, 6.45) is 0.315. The van der Waals surface area contributed by atoms with E-state index in [9.17, 15) is 9.59 Å². The molecule has 0 radical (unpaired) electrons. The molecule has 2 N–H and O–H groups in total. The third-order valence-corrected chi connectivity index (χ3v) is 4.24. The van der Waals surface area contributed by atoms with Gasteiger partial charge in [-0.25, -0.2) is 0 Å². The molecule has 26 heavy (non-hydrogen) atoms. The van der Waals surface area contributed by atoms with Crippen molar-refractivity contribution in [3.63, 3.8) is 0 Å². The molecule has 2 rings (SSSR count). The fraction of sp³-hybridized carbons (Fsp3) is 0.300. The fourth-order valence-electron chi connectivity index (χ4n) is 2.20. The summed E-state index contributed by atoms with van der Waals surface area (Å²) in [6.45, 7) is 4.78. The van der Waals surface area contributed by atoms with E-state index in [2.05, 4.69) is 40.4 Å². The SMILES string of the molecule is CNC(=O)Cc1ccc(NC(=O)c2ccc(OCC(C)C)c(Br)c2)cc1. The maximum absolute atomic E-state index is 12.4. The van der Waals surface area contributed by atoms with Crippen LogP contribution in [0.25, 0.3) is 0 Å². The zero-order valence-electron chi connectivity index (χ0n) is 15.1. The first-order chi connectivity index (χ1) is 12.4. The van der Waals surface area contributed by atoms with Crippen LogP contribution in [0.2, 0.25) is 0 Å². The smallest absolute Gasteiger partial charge is 0.255 e. The minimum atomic E-state index is -0.208. The second-order valence-corrected chi connectivity index (χ2v) is 7.21. The Labute approximate surface area is 162 Å². The number of carbonyl (C=O) groups is 2. The standard InChI is InChI=1S/C20H23BrN2O3/c1-13(2)12-26-18-9-6-15(11-17(18)21)20(25)23-16-7-4-14(5-8-16)10-19(24)22-3/h4-9,11,13H,10,12H2,1-3H3,(H,22,24)(H,23,25). The van der Waals surface area contributed by atoms with E-state index in [-0.39, 0.29) is 11.8 Å². The highest BCUT2D eigenvalue weighted by Crippen LogP contribution is 2.27. The number of halogens is 1. The Hall–Kier alpha value is -2.34. The van der Waals surface area contributed by atoms with E-state index in [1.165, 1.54) is 0 Å². The lowest BCUT2D eigenvalue weighted by atomic mass is 10.1. The molecule has 0 bridgehead atoms. The molecule has 0 fully saturated rings. The lowest BCUT2D eigenvalue weighted by Gasteiger charge is -2.12. The molecule has 2 aromatic carbocycles. The van der Waals surface area contributed by atoms with Gasteiger partial charge in [0.25, 0.3) is 5.91 Å². The van der Waals surface area contributed by atoms with E-state index >= 15 is 0 Å². The van der Waals surface area contributed by atoms with Crippen LogP contribution in [0.15, 0.2) is 46.9 Å². The molecular weight excluding hydrogens is 396 g/mol. The Morgan fingerprint density at radius 2 is 1.81 bits per heavy atom. The van der Waals surface area contributed by atoms with Crippen LogP contribution in [0, 0.1) is 5.92 Å². The number of likely N-dealkylation sites (N-methyl/N-ethyl adjacent to an activating group) is 1. The highest BCUT2D eigenvalue weighted by atomic mass is 79.9. The normalized spacial score (nSPS) is 10.5. The van der Waals surface area contributed by atoms with E-state index < -0.39 is 0 Å². The fourth-order valence-corrected chi connectivity index (χ4v) is 2.69. The van der Waals surface area contributed by atoms with E-state index in [4.69, 9.17) is 4.74 Å². The Morgan fingerprint density at radius 3 is 2.38 bits per heavy atom. The Bertz CT molecular complexity index is 773. The highest BCUT2D eigenvalue weighted by Gasteiger charge is 2.10. The molecule has 2 amide bonds. The summed E-state index contributed by atoms with van der Waals surface area (Å²) in [5, 5.41) is 5.43. The Balaban J connectivity index is 2.01. The average molecular weight is 419 g/mol. The topological polar surface area (TPSA) is 67.4 Å². The number of nitrogens with one attached hydrogen (secondary N) is 2. The zero-order chi connectivity index (χ0) is 19.1. The van der Waals surface area contributed by atoms with Gasteiger partial charge in [-0.05, 0) is 57.7 Å². The number of amides is 2. The van der Waals surface area contributed by atoms with Gasteiger partial charge in [0.15, 0.2) is 0 Å². The highest BCUT2D eigenvalue weighted by molar-refractivity contribution is 9.10. The minimum absolute atomic E-state index is 0.0496. The summed E-state index contributed by atoms with van der Waals surface area (Å²) in [7, 11) is 1.61. The monoisotopic (exact) mass is 418 g/mol. The Kier molecular flexibility index (Phi) is 7.21. The van der Waals surface area contributed by atoms with Crippen molar-refractivity contribution in [2.45, 2.75) is 20.3 Å². The van der Waals surface area contributed by atoms with E-state index in [1.54, 1.807) is 37.4 Å². The quantitative estimate of drug-likeness (QED) is 0.713. The molecule has 0 aliphatic rings. The molecule has 0 aromatic heterocycles. The number of ether oxygens (including phenoxy) is 1. The number of hydrogen-bond acceptors (Lipinski definition) is 3. The summed E-state index contributed by atoms with van der Waals surface area (Å²) >= 11 is 3.45. The maximum atomic E-state index is 12.4. The minimum Gasteiger partial charge on any atom is -0.492 e. The van der Waals surface area contributed by atoms with E-state index in [1.807, 2.05) is 12.1 Å². The van der Waals surface area contributed by atoms with Gasteiger partial charge in [0, 0.05) is 18.3 Å². The zero-order valence-corrected chi connectivity index (χ0v) is 16.7. The lowest BCUT2D eigenvalue weighted by Crippen LogP contribution is -2.19. The van der Waals surface area contributed by atoms with Crippen molar-refractivity contribution in [1.29, 1.82) is 0 Å². The summed E-state index contributed by atoms with van der Waals surface area (Å²) in [6, 6.07) is 12.5. The van der Waals surface area contributed by atoms with E-state index in [0.717, 1.165) is 10.0 Å². The largest absolute Gasteiger partial charge is 0.492 e. The van der Waals surface area contributed by atoms with Crippen LogP contribution in [0.4, 0.5) is 5.69 Å². The van der Waals surface area contributed by atoms with Crippen molar-refractivity contribution in [3.05, 3.63) is 58.1 Å². The molecule has 0 atom stereocenters. The van der Waals surface area contributed by atoms with Crippen molar-refractivity contribution in [2.24, 2.45) is 5.92 Å². The summed E-state index contributed by atoms with van der Waals surface area (Å²) in [5.41, 5.74) is 2.09. The van der Waals surface area contributed by atoms with Crippen LogP contribution >= 0.6 is 15.9 Å². The van der Waals surface area contributed by atoms with Crippen molar-refractivity contribution in [3.8, 4) is 5.75 Å². The van der Waals surface area contributed by atoms with Gasteiger partial charge in [-0.2, -0.15) is 0 Å². The first-order valence-electron chi connectivity index (χ1n) is 8.42. The van der Waals surface area contributed by atoms with Gasteiger partial charge in [0.05, 0.1) is 17.5 Å². The van der Waals surface area contributed by atoms with E-state index in [0.29, 0.717) is 35.9 Å². The molecule has 0 saturated carbocycles. The van der Waals surface area contributed by atoms with Crippen LogP contribution in [-0.4, -0.2) is 25.5 Å². The number of anilines is 1. The molecule has 5 nitrogen and oxygen atoms in total. The van der Waals surface area contributed by atoms with Crippen molar-refractivity contribution >= 4 is 33.4 Å². The van der Waals surface area contributed by atoms with Crippen LogP contribution < -0.4 is 15.4 Å². The number of benzene rings is 2. The predicted molar refractivity (Wildman–Crippen MR) is 107 cm³/mol. The third kappa shape index (κ3) is 5.88. The van der Waals surface area contributed by atoms with Crippen molar-refractivity contribution in [2.75, 3.05) is 19.0 Å². The first kappa shape index (κ1) is 20.0. The Morgan fingerprint density at radius 1 is 1.12 bits per heavy atom. The van der Waals surface area contributed by atoms with Crippen LogP contribution in [0.5, 0.6) is 5.75 Å². The van der Waals surface area contributed by atoms with Crippen LogP contribution in [0.1, 0.15) is 29.8 Å². The summed E-state index contributed by atoms with van der Waals surface area (Å²) in [4.78, 5) is 23.8. The second-order valence-electron chi connectivity index (χ2n) is 6.35. The molecule has 0 aliphatic carbocycles. The van der Waals surface area contributed by atoms with Crippen molar-refractivity contribution < 1.29 is 14.3 Å². The molecule has 0 saturated heterocycles. The van der Waals surface area contributed by atoms with Gasteiger partial charge < -0.3 is 15.4 Å². The van der Waals surface area contributed by atoms with Gasteiger partial charge >= 0.3 is 0 Å². The summed E-state index contributed by atoms with van der Waals surface area (Å²) in [5.74, 6) is 0.886. The van der Waals surface area contributed by atoms with Crippen LogP contribution in [0.3, 0.4) is 0 Å². The first-order valence-corrected chi connectivity index (χ1v) is 9.21.